The number of aromatic nitrogens is 4. The fourth-order valence-corrected chi connectivity index (χ4v) is 5.08. The molecule has 5 heterocycles. The van der Waals surface area contributed by atoms with Crippen LogP contribution < -0.4 is 10.2 Å². The Kier molecular flexibility index (Phi) is 6.95. The van der Waals surface area contributed by atoms with E-state index in [0.717, 1.165) is 66.0 Å². The van der Waals surface area contributed by atoms with E-state index in [1.807, 2.05) is 37.6 Å². The number of hydrogen-bond donors (Lipinski definition) is 2. The lowest BCUT2D eigenvalue weighted by molar-refractivity contribution is 0.399. The van der Waals surface area contributed by atoms with Crippen molar-refractivity contribution in [1.29, 1.82) is 10.7 Å². The number of pyridine rings is 3. The highest BCUT2D eigenvalue weighted by Gasteiger charge is 2.22. The number of piperidine rings is 1. The first-order chi connectivity index (χ1) is 18.1. The molecule has 4 aromatic rings. The second-order valence-corrected chi connectivity index (χ2v) is 9.40. The molecule has 1 fully saturated rings. The quantitative estimate of drug-likeness (QED) is 0.366. The summed E-state index contributed by atoms with van der Waals surface area (Å²) >= 11 is 0. The van der Waals surface area contributed by atoms with E-state index >= 15 is 0 Å². The fraction of sp³-hybridized carbons (Fsp3) is 0.276. The van der Waals surface area contributed by atoms with E-state index in [1.165, 1.54) is 11.9 Å². The fourth-order valence-electron chi connectivity index (χ4n) is 5.08. The van der Waals surface area contributed by atoms with Gasteiger partial charge in [-0.1, -0.05) is 6.07 Å². The molecule has 186 valence electrons. The van der Waals surface area contributed by atoms with Crippen LogP contribution in [0.3, 0.4) is 0 Å². The van der Waals surface area contributed by atoms with E-state index in [-0.39, 0.29) is 0 Å². The largest absolute Gasteiger partial charge is 0.393 e. The highest BCUT2D eigenvalue weighted by atomic mass is 15.2. The lowest BCUT2D eigenvalue weighted by Crippen LogP contribution is -2.34. The molecule has 0 unspecified atom stereocenters. The van der Waals surface area contributed by atoms with Crippen LogP contribution in [0, 0.1) is 29.6 Å². The van der Waals surface area contributed by atoms with Crippen LogP contribution in [0.2, 0.25) is 0 Å². The molecule has 0 radical (unpaired) electrons. The summed E-state index contributed by atoms with van der Waals surface area (Å²) in [5.74, 6) is 1.61. The van der Waals surface area contributed by atoms with E-state index in [2.05, 4.69) is 50.6 Å². The van der Waals surface area contributed by atoms with Gasteiger partial charge in [0.1, 0.15) is 17.5 Å². The molecule has 1 saturated heterocycles. The zero-order chi connectivity index (χ0) is 25.8. The summed E-state index contributed by atoms with van der Waals surface area (Å²) in [7, 11) is 1.80. The van der Waals surface area contributed by atoms with Crippen LogP contribution >= 0.6 is 0 Å². The minimum atomic E-state index is 0.551. The van der Waals surface area contributed by atoms with Gasteiger partial charge in [0.05, 0.1) is 11.2 Å². The number of allylic oxidation sites excluding steroid dienone is 1. The minimum absolute atomic E-state index is 0.551. The van der Waals surface area contributed by atoms with Crippen LogP contribution in [0.15, 0.2) is 61.2 Å². The van der Waals surface area contributed by atoms with Crippen molar-refractivity contribution in [2.24, 2.45) is 5.92 Å². The van der Waals surface area contributed by atoms with Crippen LogP contribution in [0.4, 0.5) is 5.82 Å². The molecule has 5 rings (SSSR count). The summed E-state index contributed by atoms with van der Waals surface area (Å²) < 4.78 is 1.74. The highest BCUT2D eigenvalue weighted by molar-refractivity contribution is 6.09. The van der Waals surface area contributed by atoms with Crippen molar-refractivity contribution in [2.45, 2.75) is 26.2 Å². The second-order valence-electron chi connectivity index (χ2n) is 9.40. The summed E-state index contributed by atoms with van der Waals surface area (Å²) in [5.41, 5.74) is 6.47. The number of aryl methyl sites for hydroxylation is 1. The lowest BCUT2D eigenvalue weighted by Gasteiger charge is -2.32. The van der Waals surface area contributed by atoms with E-state index < -0.39 is 0 Å². The van der Waals surface area contributed by atoms with E-state index in [4.69, 9.17) is 10.4 Å². The SMILES string of the molecule is CN/C=C(\C=N)c1cc(-c2ccc(N3CCC(Cc4ccccn4)CC3)nc2)c2c(C#N)c(C)nn2c1. The third-order valence-electron chi connectivity index (χ3n) is 7.02. The molecular weight excluding hydrogens is 460 g/mol. The maximum atomic E-state index is 9.83. The van der Waals surface area contributed by atoms with Crippen molar-refractivity contribution in [3.8, 4) is 17.2 Å². The zero-order valence-corrected chi connectivity index (χ0v) is 21.1. The number of anilines is 1. The molecular formula is C29H30N8. The predicted octanol–water partition coefficient (Wildman–Crippen LogP) is 4.64. The van der Waals surface area contributed by atoms with Crippen molar-refractivity contribution in [1.82, 2.24) is 24.9 Å². The monoisotopic (exact) mass is 490 g/mol. The topological polar surface area (TPSA) is 106 Å². The second kappa shape index (κ2) is 10.6. The van der Waals surface area contributed by atoms with Crippen LogP contribution in [0.1, 0.15) is 35.4 Å². The summed E-state index contributed by atoms with van der Waals surface area (Å²) in [6, 6.07) is 14.6. The van der Waals surface area contributed by atoms with Gasteiger partial charge in [0.25, 0.3) is 0 Å². The molecule has 1 aliphatic heterocycles. The molecule has 8 heteroatoms. The number of hydrogen-bond acceptors (Lipinski definition) is 7. The summed E-state index contributed by atoms with van der Waals surface area (Å²) in [5, 5.41) is 25.2. The van der Waals surface area contributed by atoms with Crippen molar-refractivity contribution < 1.29 is 0 Å². The summed E-state index contributed by atoms with van der Waals surface area (Å²) in [4.78, 5) is 11.6. The number of fused-ring (bicyclic) bond motifs is 1. The summed E-state index contributed by atoms with van der Waals surface area (Å²) in [6.07, 6.45) is 12.0. The molecule has 37 heavy (non-hydrogen) atoms. The molecule has 0 spiro atoms. The first-order valence-corrected chi connectivity index (χ1v) is 12.5. The first-order valence-electron chi connectivity index (χ1n) is 12.5. The first kappa shape index (κ1) is 24.2. The third kappa shape index (κ3) is 4.94. The van der Waals surface area contributed by atoms with E-state index in [9.17, 15) is 5.26 Å². The Hall–Kier alpha value is -4.51. The molecule has 0 saturated carbocycles. The van der Waals surface area contributed by atoms with Gasteiger partial charge in [-0.25, -0.2) is 9.50 Å². The van der Waals surface area contributed by atoms with Gasteiger partial charge in [-0.2, -0.15) is 10.4 Å². The Morgan fingerprint density at radius 1 is 1.22 bits per heavy atom. The van der Waals surface area contributed by atoms with E-state index in [1.54, 1.807) is 17.8 Å². The standard InChI is InChI=1S/C29H30N8/c1-20-27(16-31)29-26(14-23(19-37(29)35-20)24(15-30)17-32-2)22-6-7-28(34-18-22)36-11-8-21(9-12-36)13-25-5-3-4-10-33-25/h3-7,10,14-15,17-19,21,30,32H,8-9,11-13H2,1-2H3/b24-17+,30-15?. The van der Waals surface area contributed by atoms with Gasteiger partial charge < -0.3 is 15.6 Å². The molecule has 1 aliphatic rings. The Morgan fingerprint density at radius 3 is 2.70 bits per heavy atom. The van der Waals surface area contributed by atoms with Crippen molar-refractivity contribution in [3.63, 3.8) is 0 Å². The smallest absolute Gasteiger partial charge is 0.128 e. The third-order valence-corrected chi connectivity index (χ3v) is 7.02. The molecule has 0 amide bonds. The van der Waals surface area contributed by atoms with Gasteiger partial charge in [-0.3, -0.25) is 4.98 Å². The highest BCUT2D eigenvalue weighted by Crippen LogP contribution is 2.32. The van der Waals surface area contributed by atoms with E-state index in [0.29, 0.717) is 17.2 Å². The predicted molar refractivity (Wildman–Crippen MR) is 147 cm³/mol. The van der Waals surface area contributed by atoms with Crippen LogP contribution in [0.25, 0.3) is 22.2 Å². The van der Waals surface area contributed by atoms with Gasteiger partial charge in [0, 0.05) is 79.1 Å². The molecule has 0 bridgehead atoms. The minimum Gasteiger partial charge on any atom is -0.393 e. The maximum Gasteiger partial charge on any atom is 0.128 e. The van der Waals surface area contributed by atoms with Crippen LogP contribution in [-0.2, 0) is 6.42 Å². The number of nitriles is 1. The van der Waals surface area contributed by atoms with Gasteiger partial charge >= 0.3 is 0 Å². The Morgan fingerprint density at radius 2 is 2.05 bits per heavy atom. The number of nitrogens with zero attached hydrogens (tertiary/aromatic N) is 6. The van der Waals surface area contributed by atoms with Crippen LogP contribution in [-0.4, -0.2) is 45.9 Å². The lowest BCUT2D eigenvalue weighted by atomic mass is 9.92. The molecule has 0 aromatic carbocycles. The average Bonchev–Trinajstić information content (AvgIpc) is 3.27. The molecule has 2 N–H and O–H groups in total. The maximum absolute atomic E-state index is 9.83. The van der Waals surface area contributed by atoms with Crippen molar-refractivity contribution in [2.75, 3.05) is 25.0 Å². The Balaban J connectivity index is 1.41. The van der Waals surface area contributed by atoms with Crippen molar-refractivity contribution >= 4 is 23.1 Å². The Labute approximate surface area is 216 Å². The number of nitrogens with one attached hydrogen (secondary N) is 2. The van der Waals surface area contributed by atoms with Gasteiger partial charge in [-0.05, 0) is 62.4 Å². The van der Waals surface area contributed by atoms with Gasteiger partial charge in [0.15, 0.2) is 0 Å². The van der Waals surface area contributed by atoms with Crippen LogP contribution in [0.5, 0.6) is 0 Å². The molecule has 0 aliphatic carbocycles. The molecule has 0 atom stereocenters. The summed E-state index contributed by atoms with van der Waals surface area (Å²) in [6.45, 7) is 3.79. The molecule has 8 nitrogen and oxygen atoms in total. The zero-order valence-electron chi connectivity index (χ0n) is 21.1. The normalized spacial score (nSPS) is 14.5. The molecule has 4 aromatic heterocycles. The van der Waals surface area contributed by atoms with Gasteiger partial charge in [0.2, 0.25) is 0 Å². The van der Waals surface area contributed by atoms with Crippen molar-refractivity contribution in [3.05, 3.63) is 83.7 Å². The average molecular weight is 491 g/mol. The van der Waals surface area contributed by atoms with Gasteiger partial charge in [-0.15, -0.1) is 0 Å². The Bertz CT molecular complexity index is 1470. The number of rotatable bonds is 7.